The Hall–Kier alpha value is -3.48. The van der Waals surface area contributed by atoms with Crippen LogP contribution in [-0.4, -0.2) is 12.5 Å². The molecule has 4 rings (SSSR count). The van der Waals surface area contributed by atoms with Crippen molar-refractivity contribution >= 4 is 45.8 Å². The van der Waals surface area contributed by atoms with E-state index in [1.165, 1.54) is 6.26 Å². The quantitative estimate of drug-likeness (QED) is 0.362. The van der Waals surface area contributed by atoms with E-state index in [1.807, 2.05) is 19.1 Å². The Bertz CT molecular complexity index is 1350. The van der Waals surface area contributed by atoms with E-state index in [2.05, 4.69) is 5.32 Å². The van der Waals surface area contributed by atoms with Gasteiger partial charge in [-0.1, -0.05) is 40.9 Å². The number of anilines is 1. The molecule has 0 radical (unpaired) electrons. The second-order valence-electron chi connectivity index (χ2n) is 6.97. The second-order valence-corrected chi connectivity index (χ2v) is 7.78. The summed E-state index contributed by atoms with van der Waals surface area (Å²) >= 11 is 11.8. The van der Waals surface area contributed by atoms with Crippen molar-refractivity contribution in [2.24, 2.45) is 0 Å². The molecule has 6 nitrogen and oxygen atoms in total. The minimum Gasteiger partial charge on any atom is -0.484 e. The van der Waals surface area contributed by atoms with E-state index in [1.54, 1.807) is 48.5 Å². The highest BCUT2D eigenvalue weighted by Crippen LogP contribution is 2.26. The van der Waals surface area contributed by atoms with Crippen molar-refractivity contribution in [3.8, 4) is 17.2 Å². The number of aryl methyl sites for hydroxylation is 1. The zero-order valence-corrected chi connectivity index (χ0v) is 18.4. The molecular weight excluding hydrogens is 453 g/mol. The largest absolute Gasteiger partial charge is 0.484 e. The number of halogens is 2. The molecule has 0 aliphatic heterocycles. The zero-order chi connectivity index (χ0) is 22.7. The maximum atomic E-state index is 12.7. The summed E-state index contributed by atoms with van der Waals surface area (Å²) in [7, 11) is 0. The average Bonchev–Trinajstić information content (AvgIpc) is 2.78. The Labute approximate surface area is 193 Å². The van der Waals surface area contributed by atoms with Crippen LogP contribution in [0.1, 0.15) is 5.56 Å². The number of rotatable bonds is 6. The van der Waals surface area contributed by atoms with Gasteiger partial charge >= 0.3 is 0 Å². The predicted molar refractivity (Wildman–Crippen MR) is 124 cm³/mol. The Balaban J connectivity index is 1.44. The van der Waals surface area contributed by atoms with Gasteiger partial charge in [-0.15, -0.1) is 0 Å². The number of benzene rings is 3. The summed E-state index contributed by atoms with van der Waals surface area (Å²) in [6.07, 6.45) is 1.26. The lowest BCUT2D eigenvalue weighted by Crippen LogP contribution is -2.20. The lowest BCUT2D eigenvalue weighted by atomic mass is 10.2. The van der Waals surface area contributed by atoms with Crippen LogP contribution in [0.4, 0.5) is 5.69 Å². The van der Waals surface area contributed by atoms with E-state index >= 15 is 0 Å². The fraction of sp³-hybridized carbons (Fsp3) is 0.0833. The van der Waals surface area contributed by atoms with E-state index in [4.69, 9.17) is 37.1 Å². The molecule has 0 atom stereocenters. The molecule has 8 heteroatoms. The molecule has 32 heavy (non-hydrogen) atoms. The summed E-state index contributed by atoms with van der Waals surface area (Å²) in [5.41, 5.74) is 1.59. The number of carbonyl (C=O) groups is 1. The molecule has 1 N–H and O–H groups in total. The smallest absolute Gasteiger partial charge is 0.262 e. The van der Waals surface area contributed by atoms with Crippen LogP contribution in [0.5, 0.6) is 17.2 Å². The van der Waals surface area contributed by atoms with E-state index < -0.39 is 0 Å². The van der Waals surface area contributed by atoms with Crippen LogP contribution < -0.4 is 20.2 Å². The topological polar surface area (TPSA) is 77.8 Å². The van der Waals surface area contributed by atoms with Crippen LogP contribution >= 0.6 is 23.2 Å². The van der Waals surface area contributed by atoms with Crippen molar-refractivity contribution in [3.05, 3.63) is 92.8 Å². The van der Waals surface area contributed by atoms with Crippen molar-refractivity contribution in [2.75, 3.05) is 11.9 Å². The van der Waals surface area contributed by atoms with E-state index in [9.17, 15) is 9.59 Å². The molecule has 0 fully saturated rings. The molecule has 0 aliphatic rings. The minimum atomic E-state index is -0.383. The Morgan fingerprint density at radius 3 is 2.47 bits per heavy atom. The third kappa shape index (κ3) is 5.04. The van der Waals surface area contributed by atoms with Crippen molar-refractivity contribution in [1.82, 2.24) is 0 Å². The third-order valence-electron chi connectivity index (χ3n) is 4.54. The van der Waals surface area contributed by atoms with Crippen molar-refractivity contribution in [3.63, 3.8) is 0 Å². The van der Waals surface area contributed by atoms with Crippen molar-refractivity contribution in [2.45, 2.75) is 6.92 Å². The number of hydrogen-bond donors (Lipinski definition) is 1. The molecule has 1 heterocycles. The highest BCUT2D eigenvalue weighted by molar-refractivity contribution is 6.42. The molecule has 0 saturated carbocycles. The SMILES string of the molecule is Cc1ccc(Oc2coc3cc(OCC(=O)Nc4ccc(Cl)c(Cl)c4)ccc3c2=O)cc1. The molecule has 0 saturated heterocycles. The van der Waals surface area contributed by atoms with Crippen LogP contribution in [-0.2, 0) is 4.79 Å². The van der Waals surface area contributed by atoms with Crippen LogP contribution in [0.2, 0.25) is 10.0 Å². The second kappa shape index (κ2) is 9.34. The number of amides is 1. The fourth-order valence-corrected chi connectivity index (χ4v) is 3.20. The maximum Gasteiger partial charge on any atom is 0.262 e. The maximum absolute atomic E-state index is 12.7. The lowest BCUT2D eigenvalue weighted by molar-refractivity contribution is -0.118. The van der Waals surface area contributed by atoms with Crippen LogP contribution in [0, 0.1) is 6.92 Å². The number of hydrogen-bond acceptors (Lipinski definition) is 5. The summed E-state index contributed by atoms with van der Waals surface area (Å²) in [4.78, 5) is 24.9. The Morgan fingerprint density at radius 2 is 1.72 bits per heavy atom. The molecule has 162 valence electrons. The highest BCUT2D eigenvalue weighted by Gasteiger charge is 2.11. The van der Waals surface area contributed by atoms with Gasteiger partial charge in [0.1, 0.15) is 23.3 Å². The lowest BCUT2D eigenvalue weighted by Gasteiger charge is -2.09. The Morgan fingerprint density at radius 1 is 0.969 bits per heavy atom. The summed E-state index contributed by atoms with van der Waals surface area (Å²) in [5.74, 6) is 0.607. The normalized spacial score (nSPS) is 10.7. The number of ether oxygens (including phenoxy) is 2. The number of carbonyl (C=O) groups excluding carboxylic acids is 1. The first-order valence-corrected chi connectivity index (χ1v) is 10.3. The third-order valence-corrected chi connectivity index (χ3v) is 5.28. The van der Waals surface area contributed by atoms with Gasteiger partial charge in [0.2, 0.25) is 11.2 Å². The van der Waals surface area contributed by atoms with Crippen LogP contribution in [0.3, 0.4) is 0 Å². The number of nitrogens with one attached hydrogen (secondary N) is 1. The summed E-state index contributed by atoms with van der Waals surface area (Å²) < 4.78 is 16.7. The van der Waals surface area contributed by atoms with Crippen LogP contribution in [0.25, 0.3) is 11.0 Å². The number of fused-ring (bicyclic) bond motifs is 1. The van der Waals surface area contributed by atoms with Crippen molar-refractivity contribution < 1.29 is 18.7 Å². The van der Waals surface area contributed by atoms with E-state index in [-0.39, 0.29) is 23.7 Å². The van der Waals surface area contributed by atoms with Gasteiger partial charge < -0.3 is 19.2 Å². The first-order valence-electron chi connectivity index (χ1n) is 9.57. The van der Waals surface area contributed by atoms with E-state index in [0.717, 1.165) is 5.56 Å². The van der Waals surface area contributed by atoms with Gasteiger partial charge in [-0.25, -0.2) is 0 Å². The van der Waals surface area contributed by atoms with Crippen LogP contribution in [0.15, 0.2) is 76.1 Å². The standard InChI is InChI=1S/C24H17Cl2NO5/c1-14-2-5-16(6-3-14)32-22-12-31-21-11-17(7-8-18(21)24(22)29)30-13-23(28)27-15-4-9-19(25)20(26)10-15/h2-12H,13H2,1H3,(H,27,28). The van der Waals surface area contributed by atoms with Crippen molar-refractivity contribution in [1.29, 1.82) is 0 Å². The summed E-state index contributed by atoms with van der Waals surface area (Å²) in [6.45, 7) is 1.72. The Kier molecular flexibility index (Phi) is 6.35. The van der Waals surface area contributed by atoms with Gasteiger partial charge in [0, 0.05) is 11.8 Å². The molecule has 1 amide bonds. The van der Waals surface area contributed by atoms with Gasteiger partial charge in [0.05, 0.1) is 15.4 Å². The van der Waals surface area contributed by atoms with Gasteiger partial charge in [-0.3, -0.25) is 9.59 Å². The molecule has 0 bridgehead atoms. The molecule has 3 aromatic carbocycles. The van der Waals surface area contributed by atoms with Gasteiger partial charge in [0.15, 0.2) is 6.61 Å². The minimum absolute atomic E-state index is 0.0797. The zero-order valence-electron chi connectivity index (χ0n) is 16.9. The first-order chi connectivity index (χ1) is 15.4. The van der Waals surface area contributed by atoms with E-state index in [0.29, 0.717) is 38.2 Å². The first kappa shape index (κ1) is 21.7. The fourth-order valence-electron chi connectivity index (χ4n) is 2.90. The van der Waals surface area contributed by atoms with Gasteiger partial charge in [0.25, 0.3) is 5.91 Å². The molecular formula is C24H17Cl2NO5. The molecule has 0 unspecified atom stereocenters. The molecule has 0 spiro atoms. The monoisotopic (exact) mass is 469 g/mol. The average molecular weight is 470 g/mol. The highest BCUT2D eigenvalue weighted by atomic mass is 35.5. The van der Waals surface area contributed by atoms with Gasteiger partial charge in [-0.05, 0) is 49.4 Å². The predicted octanol–water partition coefficient (Wildman–Crippen LogP) is 6.22. The summed E-state index contributed by atoms with van der Waals surface area (Å²) in [6, 6.07) is 16.8. The molecule has 0 aliphatic carbocycles. The molecule has 1 aromatic heterocycles. The van der Waals surface area contributed by atoms with Gasteiger partial charge in [-0.2, -0.15) is 0 Å². The molecule has 4 aromatic rings. The summed E-state index contributed by atoms with van der Waals surface area (Å²) in [5, 5.41) is 3.73.